The van der Waals surface area contributed by atoms with Gasteiger partial charge >= 0.3 is 0 Å². The van der Waals surface area contributed by atoms with Crippen LogP contribution in [0.4, 0.5) is 5.69 Å². The molecule has 0 fully saturated rings. The summed E-state index contributed by atoms with van der Waals surface area (Å²) in [6, 6.07) is 1.89. The van der Waals surface area contributed by atoms with Crippen LogP contribution in [-0.2, 0) is 4.74 Å². The molecular weight excluding hydrogens is 176 g/mol. The molecule has 14 heavy (non-hydrogen) atoms. The zero-order valence-electron chi connectivity index (χ0n) is 9.66. The van der Waals surface area contributed by atoms with E-state index in [0.29, 0.717) is 0 Å². The van der Waals surface area contributed by atoms with E-state index in [0.717, 1.165) is 16.9 Å². The molecule has 1 atom stereocenters. The highest BCUT2D eigenvalue weighted by Gasteiger charge is 2.09. The first-order valence-corrected chi connectivity index (χ1v) is 4.90. The number of hydrogen-bond acceptors (Lipinski definition) is 3. The van der Waals surface area contributed by atoms with Gasteiger partial charge in [0.2, 0.25) is 0 Å². The van der Waals surface area contributed by atoms with E-state index in [1.807, 2.05) is 33.8 Å². The van der Waals surface area contributed by atoms with Crippen molar-refractivity contribution in [2.75, 3.05) is 12.8 Å². The molecule has 0 aliphatic carbocycles. The maximum Gasteiger partial charge on any atom is 0.0983 e. The van der Waals surface area contributed by atoms with E-state index in [9.17, 15) is 0 Å². The largest absolute Gasteiger partial charge is 0.397 e. The van der Waals surface area contributed by atoms with Crippen LogP contribution in [0, 0.1) is 6.92 Å². The molecule has 1 heterocycles. The number of hydrogen-bond donors (Lipinski definition) is 1. The van der Waals surface area contributed by atoms with Crippen LogP contribution in [0.3, 0.4) is 0 Å². The topological polar surface area (TPSA) is 48.1 Å². The minimum absolute atomic E-state index is 0.0371. The summed E-state index contributed by atoms with van der Waals surface area (Å²) < 4.78 is 5.13. The van der Waals surface area contributed by atoms with Crippen LogP contribution >= 0.6 is 0 Å². The van der Waals surface area contributed by atoms with Gasteiger partial charge in [0.25, 0.3) is 0 Å². The van der Waals surface area contributed by atoms with Crippen molar-refractivity contribution < 1.29 is 4.74 Å². The zero-order chi connectivity index (χ0) is 11.1. The van der Waals surface area contributed by atoms with Crippen molar-refractivity contribution in [1.29, 1.82) is 0 Å². The van der Waals surface area contributed by atoms with Crippen molar-refractivity contribution in [3.8, 4) is 0 Å². The highest BCUT2D eigenvalue weighted by Crippen LogP contribution is 2.22. The number of anilines is 1. The molecule has 3 nitrogen and oxygen atoms in total. The van der Waals surface area contributed by atoms with Gasteiger partial charge in [-0.05, 0) is 25.5 Å². The number of nitrogen functional groups attached to an aromatic ring is 1. The number of aryl methyl sites for hydroxylation is 1. The van der Waals surface area contributed by atoms with Gasteiger partial charge < -0.3 is 10.5 Å². The molecule has 0 radical (unpaired) electrons. The fourth-order valence-corrected chi connectivity index (χ4v) is 1.03. The second kappa shape index (κ2) is 6.38. The molecule has 1 aromatic heterocycles. The lowest BCUT2D eigenvalue weighted by Gasteiger charge is -2.12. The van der Waals surface area contributed by atoms with Gasteiger partial charge in [0.05, 0.1) is 17.5 Å². The molecule has 1 unspecified atom stereocenters. The molecule has 0 amide bonds. The summed E-state index contributed by atoms with van der Waals surface area (Å²) in [5, 5.41) is 0. The van der Waals surface area contributed by atoms with Gasteiger partial charge in [0, 0.05) is 13.3 Å². The first-order valence-electron chi connectivity index (χ1n) is 4.90. The highest BCUT2D eigenvalue weighted by molar-refractivity contribution is 5.50. The number of pyridine rings is 1. The summed E-state index contributed by atoms with van der Waals surface area (Å²) in [5.74, 6) is 0. The fraction of sp³-hybridized carbons (Fsp3) is 0.545. The Kier molecular flexibility index (Phi) is 5.88. The Morgan fingerprint density at radius 1 is 1.43 bits per heavy atom. The van der Waals surface area contributed by atoms with Crippen LogP contribution < -0.4 is 5.73 Å². The Morgan fingerprint density at radius 2 is 2.00 bits per heavy atom. The van der Waals surface area contributed by atoms with Gasteiger partial charge in [0.15, 0.2) is 0 Å². The summed E-state index contributed by atoms with van der Waals surface area (Å²) in [5.41, 5.74) is 8.41. The molecule has 0 spiro atoms. The number of aromatic nitrogens is 1. The second-order valence-corrected chi connectivity index (χ2v) is 2.80. The Balaban J connectivity index is 0.000000791. The van der Waals surface area contributed by atoms with Crippen LogP contribution in [0.5, 0.6) is 0 Å². The van der Waals surface area contributed by atoms with Gasteiger partial charge in [-0.1, -0.05) is 13.8 Å². The normalized spacial score (nSPS) is 11.5. The predicted molar refractivity (Wildman–Crippen MR) is 60.2 cm³/mol. The molecular formula is C11H20N2O. The standard InChI is InChI=1S/C9H14N2O.C2H6/c1-6-4-5-11-9(8(6)10)7(2)12-3;1-2/h4-5,7H,10H2,1-3H3;1-2H3. The van der Waals surface area contributed by atoms with Crippen LogP contribution in [0.25, 0.3) is 0 Å². The van der Waals surface area contributed by atoms with Crippen LogP contribution in [0.2, 0.25) is 0 Å². The van der Waals surface area contributed by atoms with Gasteiger partial charge in [-0.25, -0.2) is 0 Å². The number of methoxy groups -OCH3 is 1. The predicted octanol–water partition coefficient (Wildman–Crippen LogP) is 2.71. The maximum atomic E-state index is 5.82. The van der Waals surface area contributed by atoms with E-state index < -0.39 is 0 Å². The van der Waals surface area contributed by atoms with Gasteiger partial charge in [-0.2, -0.15) is 0 Å². The fourth-order valence-electron chi connectivity index (χ4n) is 1.03. The summed E-state index contributed by atoms with van der Waals surface area (Å²) in [4.78, 5) is 4.16. The van der Waals surface area contributed by atoms with Crippen LogP contribution in [0.15, 0.2) is 12.3 Å². The van der Waals surface area contributed by atoms with E-state index in [1.54, 1.807) is 13.3 Å². The highest BCUT2D eigenvalue weighted by atomic mass is 16.5. The van der Waals surface area contributed by atoms with Crippen molar-refractivity contribution >= 4 is 5.69 Å². The third-order valence-electron chi connectivity index (χ3n) is 1.98. The van der Waals surface area contributed by atoms with Crippen molar-refractivity contribution in [3.05, 3.63) is 23.5 Å². The Morgan fingerprint density at radius 3 is 2.50 bits per heavy atom. The Hall–Kier alpha value is -1.09. The minimum Gasteiger partial charge on any atom is -0.397 e. The minimum atomic E-state index is -0.0371. The lowest BCUT2D eigenvalue weighted by atomic mass is 10.1. The van der Waals surface area contributed by atoms with Crippen molar-refractivity contribution in [3.63, 3.8) is 0 Å². The van der Waals surface area contributed by atoms with E-state index in [4.69, 9.17) is 10.5 Å². The first-order chi connectivity index (χ1) is 6.66. The van der Waals surface area contributed by atoms with Crippen molar-refractivity contribution in [2.45, 2.75) is 33.8 Å². The summed E-state index contributed by atoms with van der Waals surface area (Å²) in [6.45, 7) is 7.89. The molecule has 80 valence electrons. The van der Waals surface area contributed by atoms with E-state index in [1.165, 1.54) is 0 Å². The first kappa shape index (κ1) is 12.9. The smallest absolute Gasteiger partial charge is 0.0983 e. The van der Waals surface area contributed by atoms with Gasteiger partial charge in [-0.3, -0.25) is 4.98 Å². The lowest BCUT2D eigenvalue weighted by molar-refractivity contribution is 0.116. The Bertz CT molecular complexity index is 274. The Labute approximate surface area is 86.3 Å². The molecule has 1 aromatic rings. The molecule has 0 saturated carbocycles. The van der Waals surface area contributed by atoms with Gasteiger partial charge in [-0.15, -0.1) is 0 Å². The number of rotatable bonds is 2. The second-order valence-electron chi connectivity index (χ2n) is 2.80. The number of ether oxygens (including phenoxy) is 1. The molecule has 0 bridgehead atoms. The van der Waals surface area contributed by atoms with Crippen LogP contribution in [-0.4, -0.2) is 12.1 Å². The average Bonchev–Trinajstić information content (AvgIpc) is 2.24. The third kappa shape index (κ3) is 3.00. The van der Waals surface area contributed by atoms with E-state index in [-0.39, 0.29) is 6.10 Å². The molecule has 0 aliphatic rings. The molecule has 2 N–H and O–H groups in total. The quantitative estimate of drug-likeness (QED) is 0.791. The molecule has 3 heteroatoms. The average molecular weight is 196 g/mol. The van der Waals surface area contributed by atoms with Gasteiger partial charge in [0.1, 0.15) is 0 Å². The molecule has 1 rings (SSSR count). The van der Waals surface area contributed by atoms with Crippen molar-refractivity contribution in [2.24, 2.45) is 0 Å². The molecule has 0 aliphatic heterocycles. The number of nitrogens with two attached hydrogens (primary N) is 1. The monoisotopic (exact) mass is 196 g/mol. The van der Waals surface area contributed by atoms with E-state index >= 15 is 0 Å². The number of nitrogens with zero attached hydrogens (tertiary/aromatic N) is 1. The SMILES string of the molecule is CC.COC(C)c1nccc(C)c1N. The van der Waals surface area contributed by atoms with Crippen LogP contribution in [0.1, 0.15) is 38.1 Å². The third-order valence-corrected chi connectivity index (χ3v) is 1.98. The zero-order valence-corrected chi connectivity index (χ0v) is 9.66. The lowest BCUT2D eigenvalue weighted by Crippen LogP contribution is -2.05. The molecule has 0 saturated heterocycles. The molecule has 0 aromatic carbocycles. The maximum absolute atomic E-state index is 5.82. The van der Waals surface area contributed by atoms with E-state index in [2.05, 4.69) is 4.98 Å². The summed E-state index contributed by atoms with van der Waals surface area (Å²) in [7, 11) is 1.65. The van der Waals surface area contributed by atoms with Crippen molar-refractivity contribution in [1.82, 2.24) is 4.98 Å². The summed E-state index contributed by atoms with van der Waals surface area (Å²) >= 11 is 0. The summed E-state index contributed by atoms with van der Waals surface area (Å²) in [6.07, 6.45) is 1.71.